The molecule has 0 aromatic carbocycles. The average Bonchev–Trinajstić information content (AvgIpc) is 2.90. The number of carboxylic acids is 2. The third-order valence-corrected chi connectivity index (χ3v) is 5.74. The van der Waals surface area contributed by atoms with E-state index >= 15 is 0 Å². The second-order valence-corrected chi connectivity index (χ2v) is 9.08. The number of aromatic nitrogens is 2. The van der Waals surface area contributed by atoms with Gasteiger partial charge in [-0.1, -0.05) is 13.0 Å². The number of rotatable bonds is 21. The number of ether oxygens (including phenoxy) is 2. The molecule has 2 aromatic rings. The Bertz CT molecular complexity index is 1130. The van der Waals surface area contributed by atoms with Gasteiger partial charge in [-0.25, -0.2) is 9.78 Å². The number of carbonyl (C=O) groups is 2. The lowest BCUT2D eigenvalue weighted by atomic mass is 10.2. The van der Waals surface area contributed by atoms with Crippen LogP contribution in [0, 0.1) is 0 Å². The van der Waals surface area contributed by atoms with Crippen LogP contribution in [0.1, 0.15) is 40.9 Å². The molecule has 2 rings (SSSR count). The highest BCUT2D eigenvalue weighted by Gasteiger charge is 2.12. The summed E-state index contributed by atoms with van der Waals surface area (Å²) >= 11 is 4.69. The number of aromatic carboxylic acids is 1. The van der Waals surface area contributed by atoms with Crippen molar-refractivity contribution in [1.82, 2.24) is 19.8 Å². The molecule has 0 atom stereocenters. The lowest BCUT2D eigenvalue weighted by Crippen LogP contribution is -2.31. The van der Waals surface area contributed by atoms with Gasteiger partial charge in [0.1, 0.15) is 5.69 Å². The molecular formula is C27H37N5O7S. The zero-order chi connectivity index (χ0) is 29.2. The standard InChI is InChI=1S/C27H37N5O7S/c1-2-6-31(19-24-16-22(28-20-40)15-23(29-24)17-26(34)35)8-11-38-13-14-39-12-9-32(7-10-33)18-21-4-3-5-25(30-21)27(36)37/h3-5,15-16,33H,2,6-14,17-19H2,1H3,(H,34,35)(H,36,37). The number of aliphatic imine (C=N–C) groups is 1. The molecule has 0 fully saturated rings. The second kappa shape index (κ2) is 19.0. The number of pyridine rings is 2. The van der Waals surface area contributed by atoms with Crippen molar-refractivity contribution >= 4 is 35.0 Å². The quantitative estimate of drug-likeness (QED) is 0.113. The largest absolute Gasteiger partial charge is 0.481 e. The maximum Gasteiger partial charge on any atom is 0.354 e. The summed E-state index contributed by atoms with van der Waals surface area (Å²) < 4.78 is 11.4. The lowest BCUT2D eigenvalue weighted by Gasteiger charge is -2.22. The highest BCUT2D eigenvalue weighted by Crippen LogP contribution is 2.17. The summed E-state index contributed by atoms with van der Waals surface area (Å²) in [7, 11) is 0. The van der Waals surface area contributed by atoms with Gasteiger partial charge in [0.15, 0.2) is 0 Å². The number of aliphatic hydroxyl groups excluding tert-OH is 1. The van der Waals surface area contributed by atoms with Crippen molar-refractivity contribution in [3.63, 3.8) is 0 Å². The van der Waals surface area contributed by atoms with Crippen molar-refractivity contribution in [3.05, 3.63) is 53.1 Å². The molecule has 40 heavy (non-hydrogen) atoms. The maximum atomic E-state index is 11.1. The van der Waals surface area contributed by atoms with Gasteiger partial charge in [0.05, 0.1) is 67.4 Å². The highest BCUT2D eigenvalue weighted by molar-refractivity contribution is 7.78. The van der Waals surface area contributed by atoms with Crippen molar-refractivity contribution in [3.8, 4) is 0 Å². The fourth-order valence-corrected chi connectivity index (χ4v) is 4.03. The van der Waals surface area contributed by atoms with Gasteiger partial charge >= 0.3 is 11.9 Å². The van der Waals surface area contributed by atoms with E-state index in [-0.39, 0.29) is 18.7 Å². The molecule has 0 aliphatic carbocycles. The molecule has 218 valence electrons. The Morgan fingerprint density at radius 1 is 0.925 bits per heavy atom. The molecule has 0 unspecified atom stereocenters. The summed E-state index contributed by atoms with van der Waals surface area (Å²) in [5.74, 6) is -2.05. The van der Waals surface area contributed by atoms with Crippen molar-refractivity contribution in [1.29, 1.82) is 0 Å². The van der Waals surface area contributed by atoms with Crippen molar-refractivity contribution < 1.29 is 34.4 Å². The number of carboxylic acid groups (broad SMARTS) is 2. The van der Waals surface area contributed by atoms with Crippen LogP contribution in [0.2, 0.25) is 0 Å². The van der Waals surface area contributed by atoms with E-state index in [9.17, 15) is 14.7 Å². The van der Waals surface area contributed by atoms with Crippen LogP contribution in [-0.2, 0) is 33.8 Å². The van der Waals surface area contributed by atoms with E-state index in [1.807, 2.05) is 4.90 Å². The average molecular weight is 576 g/mol. The molecule has 0 bridgehead atoms. The minimum atomic E-state index is -1.08. The van der Waals surface area contributed by atoms with Gasteiger partial charge in [0.2, 0.25) is 0 Å². The summed E-state index contributed by atoms with van der Waals surface area (Å²) in [6, 6.07) is 8.22. The first-order valence-corrected chi connectivity index (χ1v) is 13.4. The van der Waals surface area contributed by atoms with E-state index in [1.54, 1.807) is 24.3 Å². The molecule has 12 nitrogen and oxygen atoms in total. The molecule has 0 aliphatic rings. The van der Waals surface area contributed by atoms with E-state index in [4.69, 9.17) is 19.7 Å². The third kappa shape index (κ3) is 13.3. The molecule has 0 spiro atoms. The molecule has 3 N–H and O–H groups in total. The Balaban J connectivity index is 1.74. The van der Waals surface area contributed by atoms with Gasteiger partial charge < -0.3 is 24.8 Å². The molecule has 0 aliphatic heterocycles. The van der Waals surface area contributed by atoms with E-state index in [1.165, 1.54) is 6.07 Å². The fraction of sp³-hybridized carbons (Fsp3) is 0.519. The molecule has 2 aromatic heterocycles. The summed E-state index contributed by atoms with van der Waals surface area (Å²) in [5, 5.41) is 29.9. The molecule has 2 heterocycles. The Kier molecular flexibility index (Phi) is 15.7. The Morgan fingerprint density at radius 2 is 1.57 bits per heavy atom. The first-order valence-electron chi connectivity index (χ1n) is 13.0. The first-order chi connectivity index (χ1) is 19.3. The maximum absolute atomic E-state index is 11.1. The second-order valence-electron chi connectivity index (χ2n) is 8.90. The minimum Gasteiger partial charge on any atom is -0.481 e. The number of aliphatic hydroxyl groups is 1. The van der Waals surface area contributed by atoms with Crippen LogP contribution in [0.15, 0.2) is 35.3 Å². The smallest absolute Gasteiger partial charge is 0.354 e. The summed E-state index contributed by atoms with van der Waals surface area (Å²) in [4.78, 5) is 39.0. The lowest BCUT2D eigenvalue weighted by molar-refractivity contribution is -0.136. The number of aliphatic carboxylic acids is 1. The highest BCUT2D eigenvalue weighted by atomic mass is 32.1. The summed E-state index contributed by atoms with van der Waals surface area (Å²) in [5.41, 5.74) is 2.25. The zero-order valence-corrected chi connectivity index (χ0v) is 23.5. The zero-order valence-electron chi connectivity index (χ0n) is 22.7. The number of thiocarbonyl (C=S) groups is 1. The van der Waals surface area contributed by atoms with Gasteiger partial charge in [-0.15, -0.1) is 0 Å². The van der Waals surface area contributed by atoms with E-state index in [0.29, 0.717) is 81.9 Å². The van der Waals surface area contributed by atoms with Crippen LogP contribution >= 0.6 is 12.2 Å². The molecule has 0 amide bonds. The van der Waals surface area contributed by atoms with Crippen LogP contribution in [0.25, 0.3) is 0 Å². The van der Waals surface area contributed by atoms with E-state index in [2.05, 4.69) is 44.2 Å². The van der Waals surface area contributed by atoms with Crippen LogP contribution in [0.5, 0.6) is 0 Å². The predicted octanol–water partition coefficient (Wildman–Crippen LogP) is 2.28. The number of nitrogens with zero attached hydrogens (tertiary/aromatic N) is 5. The molecule has 0 radical (unpaired) electrons. The number of hydrogen-bond donors (Lipinski definition) is 3. The van der Waals surface area contributed by atoms with Crippen molar-refractivity contribution in [2.24, 2.45) is 4.99 Å². The third-order valence-electron chi connectivity index (χ3n) is 5.65. The Morgan fingerprint density at radius 3 is 2.17 bits per heavy atom. The molecule has 0 saturated heterocycles. The summed E-state index contributed by atoms with van der Waals surface area (Å²) in [6.07, 6.45) is 0.737. The fourth-order valence-electron chi connectivity index (χ4n) is 3.93. The topological polar surface area (TPSA) is 158 Å². The van der Waals surface area contributed by atoms with Gasteiger partial charge in [-0.05, 0) is 49.4 Å². The molecule has 0 saturated carbocycles. The van der Waals surface area contributed by atoms with Crippen LogP contribution < -0.4 is 0 Å². The van der Waals surface area contributed by atoms with Gasteiger partial charge in [-0.3, -0.25) is 19.6 Å². The monoisotopic (exact) mass is 575 g/mol. The summed E-state index contributed by atoms with van der Waals surface area (Å²) in [6.45, 7) is 7.17. The van der Waals surface area contributed by atoms with Crippen LogP contribution in [0.4, 0.5) is 5.69 Å². The van der Waals surface area contributed by atoms with Gasteiger partial charge in [0.25, 0.3) is 0 Å². The van der Waals surface area contributed by atoms with Gasteiger partial charge in [-0.2, -0.15) is 4.99 Å². The van der Waals surface area contributed by atoms with E-state index < -0.39 is 11.9 Å². The van der Waals surface area contributed by atoms with E-state index in [0.717, 1.165) is 13.0 Å². The molecular weight excluding hydrogens is 538 g/mol. The first kappa shape index (κ1) is 33.0. The number of hydrogen-bond acceptors (Lipinski definition) is 11. The normalized spacial score (nSPS) is 11.1. The predicted molar refractivity (Wildman–Crippen MR) is 151 cm³/mol. The van der Waals surface area contributed by atoms with Gasteiger partial charge in [0, 0.05) is 32.7 Å². The Labute approximate surface area is 239 Å². The van der Waals surface area contributed by atoms with Crippen molar-refractivity contribution in [2.45, 2.75) is 32.9 Å². The number of isothiocyanates is 1. The SMILES string of the molecule is CCCN(CCOCCOCCN(CCO)Cc1cccc(C(=O)O)n1)Cc1cc(N=C=S)cc(CC(=O)O)n1. The van der Waals surface area contributed by atoms with Crippen LogP contribution in [0.3, 0.4) is 0 Å². The molecule has 13 heteroatoms. The van der Waals surface area contributed by atoms with Crippen LogP contribution in [-0.4, -0.2) is 111 Å². The minimum absolute atomic E-state index is 0.0136. The van der Waals surface area contributed by atoms with Crippen molar-refractivity contribution in [2.75, 3.05) is 59.2 Å². The Hall–Kier alpha value is -3.16.